The molecule has 0 spiro atoms. The van der Waals surface area contributed by atoms with Crippen molar-refractivity contribution in [2.75, 3.05) is 24.4 Å². The van der Waals surface area contributed by atoms with Crippen LogP contribution in [0, 0.1) is 0 Å². The lowest BCUT2D eigenvalue weighted by atomic mass is 10.1. The Hall–Kier alpha value is -1.18. The zero-order chi connectivity index (χ0) is 15.1. The standard InChI is InChI=1S/C14H24N4O2S/c1-2-8-16-12-14-5-3-4-11-18(14)21(19,20)17-13-6-9-15-10-7-13/h6-7,9-10,14,16H,2-5,8,11-12H2,1H3,(H,15,17). The van der Waals surface area contributed by atoms with E-state index in [1.165, 1.54) is 0 Å². The maximum absolute atomic E-state index is 12.6. The van der Waals surface area contributed by atoms with Crippen molar-refractivity contribution in [2.24, 2.45) is 0 Å². The summed E-state index contributed by atoms with van der Waals surface area (Å²) in [7, 11) is -3.51. The van der Waals surface area contributed by atoms with E-state index in [9.17, 15) is 8.42 Å². The van der Waals surface area contributed by atoms with Gasteiger partial charge >= 0.3 is 10.2 Å². The lowest BCUT2D eigenvalue weighted by molar-refractivity contribution is 0.247. The van der Waals surface area contributed by atoms with E-state index in [0.717, 1.165) is 32.2 Å². The van der Waals surface area contributed by atoms with Gasteiger partial charge in [-0.15, -0.1) is 0 Å². The van der Waals surface area contributed by atoms with E-state index in [1.54, 1.807) is 28.8 Å². The molecule has 0 bridgehead atoms. The molecule has 2 heterocycles. The van der Waals surface area contributed by atoms with Crippen LogP contribution in [0.3, 0.4) is 0 Å². The van der Waals surface area contributed by atoms with Crippen molar-refractivity contribution in [3.63, 3.8) is 0 Å². The molecule has 6 nitrogen and oxygen atoms in total. The first-order valence-corrected chi connectivity index (χ1v) is 8.98. The number of hydrogen-bond acceptors (Lipinski definition) is 4. The highest BCUT2D eigenvalue weighted by Gasteiger charge is 2.31. The Bertz CT molecular complexity index is 521. The Morgan fingerprint density at radius 2 is 2.10 bits per heavy atom. The molecule has 118 valence electrons. The summed E-state index contributed by atoms with van der Waals surface area (Å²) in [6.45, 7) is 4.32. The monoisotopic (exact) mass is 312 g/mol. The molecule has 1 atom stereocenters. The molecule has 0 saturated carbocycles. The van der Waals surface area contributed by atoms with Crippen molar-refractivity contribution in [3.05, 3.63) is 24.5 Å². The van der Waals surface area contributed by atoms with Crippen LogP contribution in [0.25, 0.3) is 0 Å². The number of anilines is 1. The highest BCUT2D eigenvalue weighted by atomic mass is 32.2. The Morgan fingerprint density at radius 1 is 1.33 bits per heavy atom. The zero-order valence-corrected chi connectivity index (χ0v) is 13.3. The van der Waals surface area contributed by atoms with Crippen LogP contribution in [0.2, 0.25) is 0 Å². The van der Waals surface area contributed by atoms with Gasteiger partial charge < -0.3 is 5.32 Å². The second-order valence-corrected chi connectivity index (χ2v) is 6.93. The van der Waals surface area contributed by atoms with E-state index < -0.39 is 10.2 Å². The summed E-state index contributed by atoms with van der Waals surface area (Å²) < 4.78 is 29.4. The molecule has 7 heteroatoms. The maximum Gasteiger partial charge on any atom is 0.301 e. The fourth-order valence-electron chi connectivity index (χ4n) is 2.57. The SMILES string of the molecule is CCCNCC1CCCCN1S(=O)(=O)Nc1ccncc1. The number of hydrogen-bond donors (Lipinski definition) is 2. The predicted molar refractivity (Wildman–Crippen MR) is 84.3 cm³/mol. The molecule has 0 amide bonds. The van der Waals surface area contributed by atoms with Crippen molar-refractivity contribution in [1.82, 2.24) is 14.6 Å². The van der Waals surface area contributed by atoms with Crippen LogP contribution in [-0.2, 0) is 10.2 Å². The highest BCUT2D eigenvalue weighted by Crippen LogP contribution is 2.21. The predicted octanol–water partition coefficient (Wildman–Crippen LogP) is 1.59. The van der Waals surface area contributed by atoms with Gasteiger partial charge in [-0.25, -0.2) is 0 Å². The van der Waals surface area contributed by atoms with Gasteiger partial charge in [0.1, 0.15) is 0 Å². The number of nitrogens with one attached hydrogen (secondary N) is 2. The third-order valence-corrected chi connectivity index (χ3v) is 5.21. The quantitative estimate of drug-likeness (QED) is 0.750. The van der Waals surface area contributed by atoms with E-state index in [2.05, 4.69) is 21.9 Å². The first-order valence-electron chi connectivity index (χ1n) is 7.54. The van der Waals surface area contributed by atoms with Gasteiger partial charge in [0, 0.05) is 31.5 Å². The first-order chi connectivity index (χ1) is 10.1. The number of nitrogens with zero attached hydrogens (tertiary/aromatic N) is 2. The molecule has 0 aliphatic carbocycles. The number of piperidine rings is 1. The van der Waals surface area contributed by atoms with Gasteiger partial charge in [0.15, 0.2) is 0 Å². The molecule has 0 radical (unpaired) electrons. The van der Waals surface area contributed by atoms with Crippen LogP contribution in [-0.4, -0.2) is 43.4 Å². The summed E-state index contributed by atoms with van der Waals surface area (Å²) in [5.74, 6) is 0. The molecule has 2 rings (SSSR count). The van der Waals surface area contributed by atoms with Gasteiger partial charge in [0.05, 0.1) is 5.69 Å². The minimum absolute atomic E-state index is 0.0321. The summed E-state index contributed by atoms with van der Waals surface area (Å²) in [5, 5.41) is 3.33. The van der Waals surface area contributed by atoms with Gasteiger partial charge in [0.2, 0.25) is 0 Å². The second-order valence-electron chi connectivity index (χ2n) is 5.31. The summed E-state index contributed by atoms with van der Waals surface area (Å²) in [6.07, 6.45) is 7.12. The van der Waals surface area contributed by atoms with Crippen molar-refractivity contribution >= 4 is 15.9 Å². The van der Waals surface area contributed by atoms with Crippen LogP contribution in [0.5, 0.6) is 0 Å². The Labute approximate surface area is 127 Å². The third-order valence-electron chi connectivity index (χ3n) is 3.62. The topological polar surface area (TPSA) is 74.3 Å². The maximum atomic E-state index is 12.6. The fraction of sp³-hybridized carbons (Fsp3) is 0.643. The molecular formula is C14H24N4O2S. The molecule has 2 N–H and O–H groups in total. The van der Waals surface area contributed by atoms with Gasteiger partial charge in [-0.1, -0.05) is 13.3 Å². The van der Waals surface area contributed by atoms with Crippen LogP contribution in [0.15, 0.2) is 24.5 Å². The Morgan fingerprint density at radius 3 is 2.81 bits per heavy atom. The normalized spacial score (nSPS) is 20.3. The minimum atomic E-state index is -3.51. The molecular weight excluding hydrogens is 288 g/mol. The smallest absolute Gasteiger partial charge is 0.301 e. The molecule has 1 saturated heterocycles. The average Bonchev–Trinajstić information content (AvgIpc) is 2.48. The van der Waals surface area contributed by atoms with Crippen molar-refractivity contribution in [1.29, 1.82) is 0 Å². The number of rotatable bonds is 7. The summed E-state index contributed by atoms with van der Waals surface area (Å²) in [5.41, 5.74) is 0.552. The van der Waals surface area contributed by atoms with E-state index in [-0.39, 0.29) is 6.04 Å². The van der Waals surface area contributed by atoms with Gasteiger partial charge in [-0.2, -0.15) is 12.7 Å². The summed E-state index contributed by atoms with van der Waals surface area (Å²) >= 11 is 0. The number of pyridine rings is 1. The zero-order valence-electron chi connectivity index (χ0n) is 12.5. The molecule has 1 aromatic rings. The average molecular weight is 312 g/mol. The van der Waals surface area contributed by atoms with E-state index in [1.807, 2.05) is 0 Å². The minimum Gasteiger partial charge on any atom is -0.315 e. The fourth-order valence-corrected chi connectivity index (χ4v) is 4.06. The van der Waals surface area contributed by atoms with Crippen LogP contribution >= 0.6 is 0 Å². The second kappa shape index (κ2) is 7.72. The number of aromatic nitrogens is 1. The molecule has 0 aromatic carbocycles. The molecule has 21 heavy (non-hydrogen) atoms. The van der Waals surface area contributed by atoms with Crippen LogP contribution in [0.1, 0.15) is 32.6 Å². The van der Waals surface area contributed by atoms with Gasteiger partial charge in [-0.3, -0.25) is 9.71 Å². The van der Waals surface area contributed by atoms with Crippen molar-refractivity contribution in [2.45, 2.75) is 38.6 Å². The largest absolute Gasteiger partial charge is 0.315 e. The molecule has 1 aliphatic rings. The van der Waals surface area contributed by atoms with E-state index in [0.29, 0.717) is 18.8 Å². The molecule has 1 fully saturated rings. The summed E-state index contributed by atoms with van der Waals surface area (Å²) in [6, 6.07) is 3.35. The Kier molecular flexibility index (Phi) is 5.96. The van der Waals surface area contributed by atoms with Crippen molar-refractivity contribution < 1.29 is 8.42 Å². The first kappa shape index (κ1) is 16.2. The Balaban J connectivity index is 2.04. The highest BCUT2D eigenvalue weighted by molar-refractivity contribution is 7.90. The van der Waals surface area contributed by atoms with Crippen molar-refractivity contribution in [3.8, 4) is 0 Å². The van der Waals surface area contributed by atoms with E-state index in [4.69, 9.17) is 0 Å². The summed E-state index contributed by atoms with van der Waals surface area (Å²) in [4.78, 5) is 3.89. The molecule has 1 aromatic heterocycles. The van der Waals surface area contributed by atoms with Crippen LogP contribution < -0.4 is 10.0 Å². The lowest BCUT2D eigenvalue weighted by Crippen LogP contribution is -2.50. The van der Waals surface area contributed by atoms with Crippen LogP contribution in [0.4, 0.5) is 5.69 Å². The molecule has 1 aliphatic heterocycles. The molecule has 1 unspecified atom stereocenters. The van der Waals surface area contributed by atoms with Gasteiger partial charge in [-0.05, 0) is 37.9 Å². The van der Waals surface area contributed by atoms with E-state index >= 15 is 0 Å². The lowest BCUT2D eigenvalue weighted by Gasteiger charge is -2.34. The van der Waals surface area contributed by atoms with Gasteiger partial charge in [0.25, 0.3) is 0 Å². The third kappa shape index (κ3) is 4.66.